The van der Waals surface area contributed by atoms with E-state index in [1.54, 1.807) is 7.11 Å². The van der Waals surface area contributed by atoms with Gasteiger partial charge in [-0.25, -0.2) is 4.98 Å². The van der Waals surface area contributed by atoms with Crippen LogP contribution in [-0.2, 0) is 0 Å². The Labute approximate surface area is 175 Å². The van der Waals surface area contributed by atoms with Gasteiger partial charge in [-0.15, -0.1) is 0 Å². The highest BCUT2D eigenvalue weighted by Crippen LogP contribution is 2.30. The highest BCUT2D eigenvalue weighted by molar-refractivity contribution is 6.30. The molecule has 146 valence electrons. The Bertz CT molecular complexity index is 1190. The zero-order valence-electron chi connectivity index (χ0n) is 16.6. The summed E-state index contributed by atoms with van der Waals surface area (Å²) in [5.74, 6) is 1.69. The van der Waals surface area contributed by atoms with Crippen LogP contribution < -0.4 is 10.1 Å². The number of nitrogens with one attached hydrogen (secondary N) is 1. The summed E-state index contributed by atoms with van der Waals surface area (Å²) in [7, 11) is 1.67. The molecule has 0 bridgehead atoms. The molecule has 2 aromatic carbocycles. The van der Waals surface area contributed by atoms with Crippen molar-refractivity contribution in [3.05, 3.63) is 88.2 Å². The van der Waals surface area contributed by atoms with Gasteiger partial charge in [-0.05, 0) is 55.3 Å². The molecule has 0 fully saturated rings. The number of aryl methyl sites for hydroxylation is 2. The largest absolute Gasteiger partial charge is 0.496 e. The first kappa shape index (κ1) is 19.1. The Morgan fingerprint density at radius 3 is 2.48 bits per heavy atom. The molecule has 0 unspecified atom stereocenters. The maximum Gasteiger partial charge on any atom is 0.142 e. The van der Waals surface area contributed by atoms with Crippen molar-refractivity contribution < 1.29 is 4.74 Å². The normalized spacial score (nSPS) is 11.3. The van der Waals surface area contributed by atoms with Gasteiger partial charge in [0.15, 0.2) is 0 Å². The lowest BCUT2D eigenvalue weighted by atomic mass is 10.1. The summed E-state index contributed by atoms with van der Waals surface area (Å²) in [4.78, 5) is 4.79. The second kappa shape index (κ2) is 8.02. The number of hydrogen-bond donors (Lipinski definition) is 1. The van der Waals surface area contributed by atoms with Crippen molar-refractivity contribution in [1.82, 2.24) is 9.38 Å². The fourth-order valence-corrected chi connectivity index (χ4v) is 3.54. The molecule has 0 amide bonds. The Morgan fingerprint density at radius 2 is 1.72 bits per heavy atom. The van der Waals surface area contributed by atoms with Gasteiger partial charge in [0.1, 0.15) is 22.9 Å². The van der Waals surface area contributed by atoms with Gasteiger partial charge >= 0.3 is 0 Å². The number of methoxy groups -OCH3 is 1. The first-order valence-corrected chi connectivity index (χ1v) is 9.76. The summed E-state index contributed by atoms with van der Waals surface area (Å²) >= 11 is 6.27. The number of hydrogen-bond acceptors (Lipinski definition) is 3. The van der Waals surface area contributed by atoms with Crippen LogP contribution in [0.5, 0.6) is 5.75 Å². The van der Waals surface area contributed by atoms with Gasteiger partial charge in [0.05, 0.1) is 12.1 Å². The van der Waals surface area contributed by atoms with Gasteiger partial charge in [-0.3, -0.25) is 4.40 Å². The molecule has 0 radical (unpaired) electrons. The third-order valence-electron chi connectivity index (χ3n) is 4.89. The van der Waals surface area contributed by atoms with Gasteiger partial charge in [-0.1, -0.05) is 48.0 Å². The van der Waals surface area contributed by atoms with Crippen LogP contribution in [0.2, 0.25) is 5.02 Å². The fraction of sp³-hybridized carbons (Fsp3) is 0.125. The highest BCUT2D eigenvalue weighted by Gasteiger charge is 2.13. The van der Waals surface area contributed by atoms with Gasteiger partial charge in [0.2, 0.25) is 0 Å². The Hall–Kier alpha value is -3.24. The molecule has 0 atom stereocenters. The van der Waals surface area contributed by atoms with E-state index in [1.807, 2.05) is 59.1 Å². The molecule has 0 aliphatic rings. The molecule has 4 rings (SSSR count). The molecular weight excluding hydrogens is 382 g/mol. The molecule has 0 spiro atoms. The summed E-state index contributed by atoms with van der Waals surface area (Å²) in [6.45, 7) is 4.19. The van der Waals surface area contributed by atoms with E-state index in [0.717, 1.165) is 34.2 Å². The lowest BCUT2D eigenvalue weighted by Crippen LogP contribution is -2.00. The molecule has 0 aliphatic heterocycles. The predicted octanol–water partition coefficient (Wildman–Crippen LogP) is 6.53. The Kier molecular flexibility index (Phi) is 5.28. The first-order chi connectivity index (χ1) is 14.1. The molecule has 0 saturated carbocycles. The zero-order valence-corrected chi connectivity index (χ0v) is 17.4. The fourth-order valence-electron chi connectivity index (χ4n) is 3.38. The van der Waals surface area contributed by atoms with Crippen LogP contribution in [0.25, 0.3) is 17.8 Å². The van der Waals surface area contributed by atoms with Crippen LogP contribution in [-0.4, -0.2) is 16.5 Å². The molecule has 1 N–H and O–H groups in total. The number of para-hydroxylation sites is 2. The summed E-state index contributed by atoms with van der Waals surface area (Å²) < 4.78 is 7.44. The summed E-state index contributed by atoms with van der Waals surface area (Å²) in [6, 6.07) is 17.9. The highest BCUT2D eigenvalue weighted by atomic mass is 35.5. The maximum atomic E-state index is 6.27. The van der Waals surface area contributed by atoms with Gasteiger partial charge in [-0.2, -0.15) is 0 Å². The van der Waals surface area contributed by atoms with E-state index in [4.69, 9.17) is 21.3 Å². The minimum atomic E-state index is 0.653. The summed E-state index contributed by atoms with van der Waals surface area (Å²) in [5, 5.41) is 4.24. The number of fused-ring (bicyclic) bond motifs is 1. The van der Waals surface area contributed by atoms with E-state index in [-0.39, 0.29) is 0 Å². The standard InChI is InChI=1S/C24H22ClN3O/c1-16-7-6-8-17(2)23(16)27-24-20(26-22-14-12-19(25)15-28(22)24)13-11-18-9-4-5-10-21(18)29-3/h4-15,27H,1-3H3/b13-11+. The zero-order chi connectivity index (χ0) is 20.4. The molecule has 29 heavy (non-hydrogen) atoms. The van der Waals surface area contributed by atoms with E-state index in [9.17, 15) is 0 Å². The third kappa shape index (κ3) is 3.84. The number of benzene rings is 2. The average molecular weight is 404 g/mol. The third-order valence-corrected chi connectivity index (χ3v) is 5.12. The van der Waals surface area contributed by atoms with Crippen molar-refractivity contribution in [2.24, 2.45) is 0 Å². The number of aromatic nitrogens is 2. The number of halogens is 1. The van der Waals surface area contributed by atoms with Crippen LogP contribution >= 0.6 is 11.6 Å². The number of imidazole rings is 1. The number of anilines is 2. The van der Waals surface area contributed by atoms with Crippen LogP contribution in [0.4, 0.5) is 11.5 Å². The molecule has 0 saturated heterocycles. The number of rotatable bonds is 5. The van der Waals surface area contributed by atoms with E-state index in [0.29, 0.717) is 5.02 Å². The smallest absolute Gasteiger partial charge is 0.142 e. The second-order valence-electron chi connectivity index (χ2n) is 6.89. The minimum absolute atomic E-state index is 0.653. The van der Waals surface area contributed by atoms with Gasteiger partial charge in [0, 0.05) is 17.4 Å². The topological polar surface area (TPSA) is 38.6 Å². The van der Waals surface area contributed by atoms with Crippen molar-refractivity contribution in [3.63, 3.8) is 0 Å². The summed E-state index contributed by atoms with van der Waals surface area (Å²) in [5.41, 5.74) is 6.04. The van der Waals surface area contributed by atoms with Crippen LogP contribution in [0.15, 0.2) is 60.8 Å². The lowest BCUT2D eigenvalue weighted by Gasteiger charge is -2.13. The molecule has 0 aliphatic carbocycles. The predicted molar refractivity (Wildman–Crippen MR) is 121 cm³/mol. The molecular formula is C24H22ClN3O. The van der Waals surface area contributed by atoms with Gasteiger partial charge < -0.3 is 10.1 Å². The number of ether oxygens (including phenoxy) is 1. The average Bonchev–Trinajstić information content (AvgIpc) is 3.06. The molecule has 4 aromatic rings. The lowest BCUT2D eigenvalue weighted by molar-refractivity contribution is 0.414. The van der Waals surface area contributed by atoms with E-state index in [2.05, 4.69) is 37.4 Å². The van der Waals surface area contributed by atoms with Crippen LogP contribution in [0, 0.1) is 13.8 Å². The SMILES string of the molecule is COc1ccccc1/C=C/c1nc2ccc(Cl)cn2c1Nc1c(C)cccc1C. The molecule has 4 nitrogen and oxygen atoms in total. The number of pyridine rings is 1. The van der Waals surface area contributed by atoms with Crippen LogP contribution in [0.3, 0.4) is 0 Å². The van der Waals surface area contributed by atoms with Crippen LogP contribution in [0.1, 0.15) is 22.4 Å². The van der Waals surface area contributed by atoms with Crippen molar-refractivity contribution in [3.8, 4) is 5.75 Å². The quantitative estimate of drug-likeness (QED) is 0.411. The first-order valence-electron chi connectivity index (χ1n) is 9.39. The number of nitrogens with zero attached hydrogens (tertiary/aromatic N) is 2. The summed E-state index contributed by atoms with van der Waals surface area (Å²) in [6.07, 6.45) is 5.88. The van der Waals surface area contributed by atoms with E-state index < -0.39 is 0 Å². The maximum absolute atomic E-state index is 6.27. The minimum Gasteiger partial charge on any atom is -0.496 e. The van der Waals surface area contributed by atoms with Crippen molar-refractivity contribution >= 4 is 40.9 Å². The van der Waals surface area contributed by atoms with Crippen molar-refractivity contribution in [2.45, 2.75) is 13.8 Å². The van der Waals surface area contributed by atoms with Crippen molar-refractivity contribution in [2.75, 3.05) is 12.4 Å². The molecule has 2 heterocycles. The Morgan fingerprint density at radius 1 is 0.966 bits per heavy atom. The van der Waals surface area contributed by atoms with Gasteiger partial charge in [0.25, 0.3) is 0 Å². The molecule has 2 aromatic heterocycles. The Balaban J connectivity index is 1.83. The van der Waals surface area contributed by atoms with E-state index >= 15 is 0 Å². The monoisotopic (exact) mass is 403 g/mol. The van der Waals surface area contributed by atoms with Crippen molar-refractivity contribution in [1.29, 1.82) is 0 Å². The molecule has 5 heteroatoms. The second-order valence-corrected chi connectivity index (χ2v) is 7.32. The van der Waals surface area contributed by atoms with E-state index in [1.165, 1.54) is 11.1 Å².